The minimum atomic E-state index is 0.00153. The van der Waals surface area contributed by atoms with Crippen molar-refractivity contribution in [1.82, 2.24) is 19.7 Å². The molecule has 2 rings (SSSR count). The Bertz CT molecular complexity index is 614. The van der Waals surface area contributed by atoms with Crippen LogP contribution in [0, 0.1) is 19.3 Å². The highest BCUT2D eigenvalue weighted by Crippen LogP contribution is 2.19. The average Bonchev–Trinajstić information content (AvgIpc) is 2.80. The molecule has 19 heavy (non-hydrogen) atoms. The van der Waals surface area contributed by atoms with Gasteiger partial charge >= 0.3 is 0 Å². The Balaban J connectivity index is 2.65. The lowest BCUT2D eigenvalue weighted by Gasteiger charge is -2.13. The molecule has 6 nitrogen and oxygen atoms in total. The van der Waals surface area contributed by atoms with Crippen LogP contribution in [0.3, 0.4) is 0 Å². The number of hydrogen-bond donors (Lipinski definition) is 2. The van der Waals surface area contributed by atoms with Gasteiger partial charge in [-0.3, -0.25) is 9.98 Å². The molecular weight excluding hydrogens is 240 g/mol. The maximum atomic E-state index is 7.76. The number of aryl methyl sites for hydroxylation is 2. The lowest BCUT2D eigenvalue weighted by Crippen LogP contribution is -2.20. The number of rotatable bonds is 4. The van der Waals surface area contributed by atoms with Crippen LogP contribution in [0.15, 0.2) is 12.4 Å². The molecule has 2 aromatic heterocycles. The Morgan fingerprint density at radius 1 is 1.37 bits per heavy atom. The van der Waals surface area contributed by atoms with E-state index >= 15 is 0 Å². The maximum Gasteiger partial charge on any atom is 0.172 e. The summed E-state index contributed by atoms with van der Waals surface area (Å²) in [7, 11) is 0. The van der Waals surface area contributed by atoms with E-state index in [-0.39, 0.29) is 5.84 Å². The number of nitrogens with zero attached hydrogens (tertiary/aromatic N) is 4. The van der Waals surface area contributed by atoms with Crippen molar-refractivity contribution in [3.63, 3.8) is 0 Å². The number of imidazole rings is 1. The zero-order valence-electron chi connectivity index (χ0n) is 11.4. The molecule has 2 aromatic rings. The summed E-state index contributed by atoms with van der Waals surface area (Å²) in [5.41, 5.74) is 7.99. The number of nitrogen functional groups attached to an aromatic ring is 1. The van der Waals surface area contributed by atoms with Crippen LogP contribution in [0.4, 0.5) is 0 Å². The van der Waals surface area contributed by atoms with Gasteiger partial charge in [-0.2, -0.15) is 5.10 Å². The molecule has 0 radical (unpaired) electrons. The topological polar surface area (TPSA) is 93.5 Å². The summed E-state index contributed by atoms with van der Waals surface area (Å²) in [5, 5.41) is 16.1. The van der Waals surface area contributed by atoms with Crippen molar-refractivity contribution < 1.29 is 0 Å². The third-order valence-electron chi connectivity index (χ3n) is 3.12. The Labute approximate surface area is 112 Å². The van der Waals surface area contributed by atoms with Crippen molar-refractivity contribution in [2.24, 2.45) is 5.73 Å². The van der Waals surface area contributed by atoms with E-state index in [1.807, 2.05) is 24.6 Å². The van der Waals surface area contributed by atoms with E-state index in [0.717, 1.165) is 29.9 Å². The van der Waals surface area contributed by atoms with Gasteiger partial charge in [0.1, 0.15) is 11.7 Å². The molecule has 0 saturated carbocycles. The first-order valence-electron chi connectivity index (χ1n) is 6.27. The third-order valence-corrected chi connectivity index (χ3v) is 3.12. The fourth-order valence-electron chi connectivity index (χ4n) is 2.02. The molecule has 0 spiro atoms. The van der Waals surface area contributed by atoms with Crippen molar-refractivity contribution in [3.05, 3.63) is 35.0 Å². The standard InChI is InChI=1S/C13H18N6/c1-4-5-10-16-6-7-19(10)13-11(12(14)15)8(2)9(3)17-18-13/h6-7H,4-5H2,1-3H3,(H3,14,15). The van der Waals surface area contributed by atoms with Crippen molar-refractivity contribution in [3.8, 4) is 5.82 Å². The molecule has 100 valence electrons. The van der Waals surface area contributed by atoms with E-state index in [0.29, 0.717) is 11.4 Å². The molecular formula is C13H18N6. The minimum absolute atomic E-state index is 0.00153. The Morgan fingerprint density at radius 2 is 2.11 bits per heavy atom. The van der Waals surface area contributed by atoms with Crippen LogP contribution < -0.4 is 5.73 Å². The molecule has 0 amide bonds. The van der Waals surface area contributed by atoms with Crippen LogP contribution in [0.5, 0.6) is 0 Å². The number of nitrogens with one attached hydrogen (secondary N) is 1. The molecule has 0 bridgehead atoms. The van der Waals surface area contributed by atoms with Crippen LogP contribution in [0.2, 0.25) is 0 Å². The van der Waals surface area contributed by atoms with Crippen molar-refractivity contribution in [1.29, 1.82) is 5.41 Å². The van der Waals surface area contributed by atoms with Gasteiger partial charge in [-0.15, -0.1) is 5.10 Å². The summed E-state index contributed by atoms with van der Waals surface area (Å²) in [6.45, 7) is 5.86. The van der Waals surface area contributed by atoms with E-state index in [9.17, 15) is 0 Å². The molecule has 0 aliphatic heterocycles. The Morgan fingerprint density at radius 3 is 2.74 bits per heavy atom. The largest absolute Gasteiger partial charge is 0.384 e. The lowest BCUT2D eigenvalue weighted by molar-refractivity contribution is 0.778. The molecule has 0 aliphatic carbocycles. The van der Waals surface area contributed by atoms with E-state index in [1.54, 1.807) is 6.20 Å². The van der Waals surface area contributed by atoms with Gasteiger partial charge in [0, 0.05) is 18.8 Å². The van der Waals surface area contributed by atoms with Gasteiger partial charge in [-0.25, -0.2) is 4.98 Å². The van der Waals surface area contributed by atoms with Gasteiger partial charge in [0.05, 0.1) is 11.3 Å². The molecule has 0 aliphatic rings. The average molecular weight is 258 g/mol. The zero-order chi connectivity index (χ0) is 14.0. The van der Waals surface area contributed by atoms with Gasteiger partial charge in [-0.1, -0.05) is 6.92 Å². The van der Waals surface area contributed by atoms with Crippen molar-refractivity contribution in [2.75, 3.05) is 0 Å². The number of nitrogens with two attached hydrogens (primary N) is 1. The minimum Gasteiger partial charge on any atom is -0.384 e. The molecule has 0 saturated heterocycles. The van der Waals surface area contributed by atoms with Crippen LogP contribution in [-0.4, -0.2) is 25.6 Å². The Hall–Kier alpha value is -2.24. The second-order valence-corrected chi connectivity index (χ2v) is 4.49. The van der Waals surface area contributed by atoms with Crippen LogP contribution >= 0.6 is 0 Å². The number of amidine groups is 1. The van der Waals surface area contributed by atoms with Crippen molar-refractivity contribution in [2.45, 2.75) is 33.6 Å². The van der Waals surface area contributed by atoms with Crippen LogP contribution in [0.1, 0.15) is 36.0 Å². The first-order valence-corrected chi connectivity index (χ1v) is 6.27. The van der Waals surface area contributed by atoms with E-state index in [2.05, 4.69) is 22.1 Å². The highest BCUT2D eigenvalue weighted by molar-refractivity contribution is 5.99. The second-order valence-electron chi connectivity index (χ2n) is 4.49. The Kier molecular flexibility index (Phi) is 3.59. The molecule has 0 aromatic carbocycles. The lowest BCUT2D eigenvalue weighted by atomic mass is 10.1. The van der Waals surface area contributed by atoms with Gasteiger partial charge in [0.2, 0.25) is 0 Å². The first kappa shape index (κ1) is 13.2. The molecule has 2 heterocycles. The van der Waals surface area contributed by atoms with E-state index in [4.69, 9.17) is 11.1 Å². The molecule has 6 heteroatoms. The summed E-state index contributed by atoms with van der Waals surface area (Å²) >= 11 is 0. The fourth-order valence-corrected chi connectivity index (χ4v) is 2.02. The molecule has 0 atom stereocenters. The predicted octanol–water partition coefficient (Wildman–Crippen LogP) is 1.52. The van der Waals surface area contributed by atoms with Crippen molar-refractivity contribution >= 4 is 5.84 Å². The molecule has 3 N–H and O–H groups in total. The third kappa shape index (κ3) is 2.33. The fraction of sp³-hybridized carbons (Fsp3) is 0.385. The van der Waals surface area contributed by atoms with Crippen LogP contribution in [-0.2, 0) is 6.42 Å². The van der Waals surface area contributed by atoms with E-state index < -0.39 is 0 Å². The highest BCUT2D eigenvalue weighted by Gasteiger charge is 2.17. The molecule has 0 unspecified atom stereocenters. The summed E-state index contributed by atoms with van der Waals surface area (Å²) < 4.78 is 1.86. The smallest absolute Gasteiger partial charge is 0.172 e. The second kappa shape index (κ2) is 5.17. The predicted molar refractivity (Wildman–Crippen MR) is 73.6 cm³/mol. The summed E-state index contributed by atoms with van der Waals surface area (Å²) in [6.07, 6.45) is 5.39. The number of aromatic nitrogens is 4. The summed E-state index contributed by atoms with van der Waals surface area (Å²) in [6, 6.07) is 0. The zero-order valence-corrected chi connectivity index (χ0v) is 11.4. The first-order chi connectivity index (χ1) is 9.06. The van der Waals surface area contributed by atoms with Crippen LogP contribution in [0.25, 0.3) is 5.82 Å². The monoisotopic (exact) mass is 258 g/mol. The summed E-state index contributed by atoms with van der Waals surface area (Å²) in [5.74, 6) is 1.49. The molecule has 0 fully saturated rings. The maximum absolute atomic E-state index is 7.76. The van der Waals surface area contributed by atoms with Gasteiger partial charge in [0.15, 0.2) is 5.82 Å². The number of hydrogen-bond acceptors (Lipinski definition) is 4. The SMILES string of the molecule is CCCc1nccn1-c1nnc(C)c(C)c1C(=N)N. The van der Waals surface area contributed by atoms with E-state index in [1.165, 1.54) is 0 Å². The highest BCUT2D eigenvalue weighted by atomic mass is 15.2. The van der Waals surface area contributed by atoms with Gasteiger partial charge in [0.25, 0.3) is 0 Å². The van der Waals surface area contributed by atoms with Gasteiger partial charge in [-0.05, 0) is 25.8 Å². The summed E-state index contributed by atoms with van der Waals surface area (Å²) in [4.78, 5) is 4.32. The van der Waals surface area contributed by atoms with Gasteiger partial charge < -0.3 is 5.73 Å². The quantitative estimate of drug-likeness (QED) is 0.642. The normalized spacial score (nSPS) is 10.7.